The highest BCUT2D eigenvalue weighted by Gasteiger charge is 2.35. The van der Waals surface area contributed by atoms with Crippen molar-refractivity contribution in [3.8, 4) is 0 Å². The maximum atomic E-state index is 12.8. The fourth-order valence-corrected chi connectivity index (χ4v) is 3.38. The molecule has 0 aliphatic carbocycles. The van der Waals surface area contributed by atoms with Crippen LogP contribution in [-0.4, -0.2) is 28.6 Å². The highest BCUT2D eigenvalue weighted by molar-refractivity contribution is 8.00. The van der Waals surface area contributed by atoms with Crippen molar-refractivity contribution in [1.82, 2.24) is 4.98 Å². The molecular weight excluding hydrogens is 287 g/mol. The van der Waals surface area contributed by atoms with Crippen LogP contribution in [0.2, 0.25) is 0 Å². The number of anilines is 1. The standard InChI is InChI=1S/C13H18F3N3S/c1-12(2)8-19(5-6-20-12)11-9(7-17)3-4-10(18-11)13(14,15)16/h3-4H,5-8,17H2,1-2H3. The lowest BCUT2D eigenvalue weighted by molar-refractivity contribution is -0.141. The van der Waals surface area contributed by atoms with Gasteiger partial charge in [0.25, 0.3) is 0 Å². The van der Waals surface area contributed by atoms with Gasteiger partial charge in [-0.15, -0.1) is 0 Å². The number of alkyl halides is 3. The number of nitrogens with zero attached hydrogens (tertiary/aromatic N) is 2. The maximum Gasteiger partial charge on any atom is 0.433 e. The molecule has 0 radical (unpaired) electrons. The molecule has 0 spiro atoms. The molecule has 0 bridgehead atoms. The summed E-state index contributed by atoms with van der Waals surface area (Å²) in [6, 6.07) is 2.43. The number of rotatable bonds is 2. The van der Waals surface area contributed by atoms with Crippen LogP contribution in [0.25, 0.3) is 0 Å². The van der Waals surface area contributed by atoms with Gasteiger partial charge in [0.15, 0.2) is 0 Å². The van der Waals surface area contributed by atoms with E-state index >= 15 is 0 Å². The highest BCUT2D eigenvalue weighted by Crippen LogP contribution is 2.35. The molecule has 1 aliphatic heterocycles. The van der Waals surface area contributed by atoms with Crippen LogP contribution >= 0.6 is 11.8 Å². The first-order valence-electron chi connectivity index (χ1n) is 6.39. The van der Waals surface area contributed by atoms with Crippen LogP contribution in [0.5, 0.6) is 0 Å². The molecular formula is C13H18F3N3S. The third-order valence-corrected chi connectivity index (χ3v) is 4.49. The molecule has 3 nitrogen and oxygen atoms in total. The molecule has 1 aromatic rings. The Labute approximate surface area is 120 Å². The van der Waals surface area contributed by atoms with Gasteiger partial charge in [-0.3, -0.25) is 0 Å². The average Bonchev–Trinajstić information content (AvgIpc) is 2.35. The van der Waals surface area contributed by atoms with Crippen molar-refractivity contribution in [2.45, 2.75) is 31.3 Å². The number of thioether (sulfide) groups is 1. The number of nitrogens with two attached hydrogens (primary N) is 1. The predicted octanol–water partition coefficient (Wildman–Crippen LogP) is 2.89. The molecule has 0 amide bonds. The molecule has 112 valence electrons. The fraction of sp³-hybridized carbons (Fsp3) is 0.615. The molecule has 2 rings (SSSR count). The van der Waals surface area contributed by atoms with Gasteiger partial charge < -0.3 is 10.6 Å². The Kier molecular flexibility index (Phi) is 4.20. The molecule has 1 saturated heterocycles. The lowest BCUT2D eigenvalue weighted by atomic mass is 10.1. The third kappa shape index (κ3) is 3.38. The first kappa shape index (κ1) is 15.4. The first-order chi connectivity index (χ1) is 9.23. The molecule has 20 heavy (non-hydrogen) atoms. The second kappa shape index (κ2) is 5.44. The van der Waals surface area contributed by atoms with Crippen LogP contribution in [0.1, 0.15) is 25.1 Å². The van der Waals surface area contributed by atoms with Gasteiger partial charge in [0.1, 0.15) is 11.5 Å². The predicted molar refractivity (Wildman–Crippen MR) is 75.9 cm³/mol. The van der Waals surface area contributed by atoms with E-state index in [9.17, 15) is 13.2 Å². The second-order valence-corrected chi connectivity index (χ2v) is 7.21. The van der Waals surface area contributed by atoms with Crippen LogP contribution in [0.4, 0.5) is 19.0 Å². The quantitative estimate of drug-likeness (QED) is 0.912. The Balaban J connectivity index is 2.38. The summed E-state index contributed by atoms with van der Waals surface area (Å²) in [4.78, 5) is 5.73. The van der Waals surface area contributed by atoms with Crippen LogP contribution in [0, 0.1) is 0 Å². The van der Waals surface area contributed by atoms with Gasteiger partial charge in [-0.1, -0.05) is 6.07 Å². The Hall–Kier alpha value is -0.950. The smallest absolute Gasteiger partial charge is 0.354 e. The van der Waals surface area contributed by atoms with E-state index in [4.69, 9.17) is 5.73 Å². The lowest BCUT2D eigenvalue weighted by Gasteiger charge is -2.39. The van der Waals surface area contributed by atoms with Gasteiger partial charge in [-0.05, 0) is 19.9 Å². The van der Waals surface area contributed by atoms with Gasteiger partial charge in [0.2, 0.25) is 0 Å². The summed E-state index contributed by atoms with van der Waals surface area (Å²) in [5.74, 6) is 1.24. The van der Waals surface area contributed by atoms with Crippen molar-refractivity contribution in [2.75, 3.05) is 23.7 Å². The van der Waals surface area contributed by atoms with E-state index in [1.807, 2.05) is 16.7 Å². The molecule has 1 fully saturated rings. The van der Waals surface area contributed by atoms with Crippen LogP contribution in [0.3, 0.4) is 0 Å². The van der Waals surface area contributed by atoms with Gasteiger partial charge >= 0.3 is 6.18 Å². The van der Waals surface area contributed by atoms with Gasteiger partial charge in [-0.2, -0.15) is 24.9 Å². The topological polar surface area (TPSA) is 42.2 Å². The fourth-order valence-electron chi connectivity index (χ4n) is 2.27. The summed E-state index contributed by atoms with van der Waals surface area (Å²) in [5, 5.41) is 0. The SMILES string of the molecule is CC1(C)CN(c2nc(C(F)(F)F)ccc2CN)CCS1. The normalized spacial score (nSPS) is 19.2. The second-order valence-electron chi connectivity index (χ2n) is 5.41. The summed E-state index contributed by atoms with van der Waals surface area (Å²) in [6.45, 7) is 5.71. The summed E-state index contributed by atoms with van der Waals surface area (Å²) < 4.78 is 38.4. The van der Waals surface area contributed by atoms with Gasteiger partial charge in [0.05, 0.1) is 0 Å². The Bertz CT molecular complexity index is 488. The minimum absolute atomic E-state index is 0.0000355. The number of pyridine rings is 1. The third-order valence-electron chi connectivity index (χ3n) is 3.19. The zero-order chi connectivity index (χ0) is 15.0. The van der Waals surface area contributed by atoms with Crippen LogP contribution in [0.15, 0.2) is 12.1 Å². The van der Waals surface area contributed by atoms with Gasteiger partial charge in [-0.25, -0.2) is 4.98 Å². The molecule has 0 atom stereocenters. The van der Waals surface area contributed by atoms with Crippen molar-refractivity contribution in [3.05, 3.63) is 23.4 Å². The van der Waals surface area contributed by atoms with Crippen molar-refractivity contribution >= 4 is 17.6 Å². The summed E-state index contributed by atoms with van der Waals surface area (Å²) >= 11 is 1.82. The van der Waals surface area contributed by atoms with Gasteiger partial charge in [0, 0.05) is 35.7 Å². The van der Waals surface area contributed by atoms with E-state index in [0.29, 0.717) is 24.5 Å². The lowest BCUT2D eigenvalue weighted by Crippen LogP contribution is -2.44. The zero-order valence-electron chi connectivity index (χ0n) is 11.5. The summed E-state index contributed by atoms with van der Waals surface area (Å²) in [5.41, 5.74) is 5.42. The number of aromatic nitrogens is 1. The van der Waals surface area contributed by atoms with Crippen molar-refractivity contribution in [1.29, 1.82) is 0 Å². The molecule has 1 aliphatic rings. The van der Waals surface area contributed by atoms with E-state index in [0.717, 1.165) is 11.8 Å². The Morgan fingerprint density at radius 1 is 1.40 bits per heavy atom. The maximum absolute atomic E-state index is 12.8. The van der Waals surface area contributed by atoms with Crippen LogP contribution < -0.4 is 10.6 Å². The van der Waals surface area contributed by atoms with E-state index in [-0.39, 0.29) is 11.3 Å². The van der Waals surface area contributed by atoms with Crippen molar-refractivity contribution < 1.29 is 13.2 Å². The first-order valence-corrected chi connectivity index (χ1v) is 7.37. The average molecular weight is 305 g/mol. The highest BCUT2D eigenvalue weighted by atomic mass is 32.2. The molecule has 0 aromatic carbocycles. The molecule has 1 aromatic heterocycles. The number of hydrogen-bond donors (Lipinski definition) is 1. The number of halogens is 3. The summed E-state index contributed by atoms with van der Waals surface area (Å²) in [6.07, 6.45) is -4.43. The van der Waals surface area contributed by atoms with Crippen molar-refractivity contribution in [2.24, 2.45) is 5.73 Å². The molecule has 2 heterocycles. The minimum Gasteiger partial charge on any atom is -0.354 e. The Morgan fingerprint density at radius 2 is 2.10 bits per heavy atom. The minimum atomic E-state index is -4.43. The van der Waals surface area contributed by atoms with Crippen molar-refractivity contribution in [3.63, 3.8) is 0 Å². The Morgan fingerprint density at radius 3 is 2.65 bits per heavy atom. The number of hydrogen-bond acceptors (Lipinski definition) is 4. The molecule has 0 unspecified atom stereocenters. The molecule has 2 N–H and O–H groups in total. The van der Waals surface area contributed by atoms with E-state index in [2.05, 4.69) is 18.8 Å². The van der Waals surface area contributed by atoms with E-state index in [1.54, 1.807) is 0 Å². The van der Waals surface area contributed by atoms with E-state index in [1.165, 1.54) is 6.07 Å². The largest absolute Gasteiger partial charge is 0.433 e. The summed E-state index contributed by atoms with van der Waals surface area (Å²) in [7, 11) is 0. The molecule has 7 heteroatoms. The molecule has 0 saturated carbocycles. The van der Waals surface area contributed by atoms with E-state index < -0.39 is 11.9 Å². The monoisotopic (exact) mass is 305 g/mol. The zero-order valence-corrected chi connectivity index (χ0v) is 12.3. The van der Waals surface area contributed by atoms with Crippen LogP contribution in [-0.2, 0) is 12.7 Å².